The Labute approximate surface area is 168 Å². The predicted octanol–water partition coefficient (Wildman–Crippen LogP) is 4.43. The Kier molecular flexibility index (Phi) is 6.48. The van der Waals surface area contributed by atoms with Crippen molar-refractivity contribution in [1.82, 2.24) is 14.5 Å². The van der Waals surface area contributed by atoms with Gasteiger partial charge < -0.3 is 9.30 Å². The summed E-state index contributed by atoms with van der Waals surface area (Å²) < 4.78 is 6.79. The van der Waals surface area contributed by atoms with Gasteiger partial charge >= 0.3 is 0 Å². The third kappa shape index (κ3) is 5.24. The van der Waals surface area contributed by atoms with Gasteiger partial charge in [0.05, 0.1) is 5.69 Å². The quantitative estimate of drug-likeness (QED) is 0.255. The number of nitrogens with one attached hydrogen (secondary N) is 2. The molecule has 0 saturated carbocycles. The van der Waals surface area contributed by atoms with Gasteiger partial charge in [0, 0.05) is 31.9 Å². The molecule has 7 nitrogen and oxygen atoms in total. The van der Waals surface area contributed by atoms with Crippen LogP contribution in [0, 0.1) is 5.41 Å². The van der Waals surface area contributed by atoms with Gasteiger partial charge in [0.25, 0.3) is 5.91 Å². The second-order valence-electron chi connectivity index (χ2n) is 5.78. The molecule has 0 aliphatic carbocycles. The molecule has 0 aliphatic heterocycles. The van der Waals surface area contributed by atoms with E-state index in [4.69, 9.17) is 10.1 Å². The van der Waals surface area contributed by atoms with Gasteiger partial charge in [-0.1, -0.05) is 6.08 Å². The van der Waals surface area contributed by atoms with E-state index < -0.39 is 0 Å². The number of hydrogen-bond donors (Lipinski definition) is 2. The van der Waals surface area contributed by atoms with Crippen LogP contribution in [0.2, 0.25) is 0 Å². The first kappa shape index (κ1) is 19.2. The van der Waals surface area contributed by atoms with Crippen molar-refractivity contribution >= 4 is 34.9 Å². The summed E-state index contributed by atoms with van der Waals surface area (Å²) in [4.78, 5) is 21.0. The van der Waals surface area contributed by atoms with Crippen LogP contribution in [0.25, 0.3) is 6.08 Å². The minimum atomic E-state index is -0.209. The zero-order valence-electron chi connectivity index (χ0n) is 15.2. The zero-order valence-corrected chi connectivity index (χ0v) is 16.0. The van der Waals surface area contributed by atoms with E-state index in [-0.39, 0.29) is 7.33 Å². The summed E-state index contributed by atoms with van der Waals surface area (Å²) >= 11 is 1.35. The fourth-order valence-corrected chi connectivity index (χ4v) is 3.11. The Morgan fingerprint density at radius 2 is 2.21 bits per heavy atom. The van der Waals surface area contributed by atoms with Crippen LogP contribution in [0.15, 0.2) is 66.1 Å². The van der Waals surface area contributed by atoms with E-state index in [0.29, 0.717) is 23.1 Å². The lowest BCUT2D eigenvalue weighted by Gasteiger charge is -2.08. The molecule has 8 heteroatoms. The molecule has 3 aromatic rings. The van der Waals surface area contributed by atoms with Gasteiger partial charge in [0.1, 0.15) is 11.5 Å². The van der Waals surface area contributed by atoms with Gasteiger partial charge in [-0.05, 0) is 48.9 Å². The van der Waals surface area contributed by atoms with Crippen molar-refractivity contribution in [2.75, 3.05) is 5.32 Å². The second-order valence-corrected chi connectivity index (χ2v) is 6.64. The van der Waals surface area contributed by atoms with Gasteiger partial charge in [0.15, 0.2) is 11.5 Å². The van der Waals surface area contributed by atoms with E-state index in [1.54, 1.807) is 43.6 Å². The molecule has 28 heavy (non-hydrogen) atoms. The maximum Gasteiger partial charge on any atom is 0.274 e. The lowest BCUT2D eigenvalue weighted by Crippen LogP contribution is -2.17. The summed E-state index contributed by atoms with van der Waals surface area (Å²) in [5.41, 5.74) is 2.36. The first-order chi connectivity index (χ1) is 13.7. The number of nitrogens with zero attached hydrogens (tertiary/aromatic N) is 3. The number of carbonyl (C=O) groups excluding carboxylic acids is 1. The van der Waals surface area contributed by atoms with Crippen LogP contribution in [0.5, 0.6) is 0 Å². The molecule has 0 aromatic carbocycles. The van der Waals surface area contributed by atoms with E-state index in [1.807, 2.05) is 34.3 Å². The van der Waals surface area contributed by atoms with Crippen LogP contribution in [-0.2, 0) is 11.3 Å². The summed E-state index contributed by atoms with van der Waals surface area (Å²) in [5.74, 6) is 0.393. The summed E-state index contributed by atoms with van der Waals surface area (Å²) in [5, 5.41) is 12.1. The lowest BCUT2D eigenvalue weighted by atomic mass is 10.2. The van der Waals surface area contributed by atoms with Gasteiger partial charge in [-0.15, -0.1) is 11.3 Å². The highest BCUT2D eigenvalue weighted by Gasteiger charge is 2.13. The normalized spacial score (nSPS) is 11.5. The van der Waals surface area contributed by atoms with E-state index in [2.05, 4.69) is 15.3 Å². The van der Waals surface area contributed by atoms with Crippen molar-refractivity contribution in [2.45, 2.75) is 13.5 Å². The SMILES string of the molecule is C/C(=C\C=C\c1csc(NC(=O)c2cccn2Cc2ccncc2)n1)OC=N.[HH]. The average molecular weight is 395 g/mol. The molecule has 144 valence electrons. The van der Waals surface area contributed by atoms with Gasteiger partial charge in [0.2, 0.25) is 0 Å². The maximum absolute atomic E-state index is 12.6. The molecular formula is C20H21N5O2S. The number of ether oxygens (including phenoxy) is 1. The fraction of sp³-hybridized carbons (Fsp3) is 0.100. The molecule has 0 unspecified atom stereocenters. The number of amides is 1. The average Bonchev–Trinajstić information content (AvgIpc) is 3.32. The largest absolute Gasteiger partial charge is 0.451 e. The number of allylic oxidation sites excluding steroid dienone is 3. The Balaban J connectivity index is 0.00000300. The van der Waals surface area contributed by atoms with Crippen molar-refractivity contribution < 1.29 is 11.0 Å². The van der Waals surface area contributed by atoms with Crippen molar-refractivity contribution in [3.8, 4) is 0 Å². The number of aromatic nitrogens is 3. The van der Waals surface area contributed by atoms with Crippen LogP contribution in [0.1, 0.15) is 30.1 Å². The minimum Gasteiger partial charge on any atom is -0.451 e. The monoisotopic (exact) mass is 395 g/mol. The first-order valence-corrected chi connectivity index (χ1v) is 9.35. The number of rotatable bonds is 8. The minimum absolute atomic E-state index is 0. The molecule has 0 fully saturated rings. The van der Waals surface area contributed by atoms with Crippen LogP contribution >= 0.6 is 11.3 Å². The molecule has 0 spiro atoms. The molecule has 0 atom stereocenters. The molecule has 3 aromatic heterocycles. The third-order valence-corrected chi connectivity index (χ3v) is 4.53. The second kappa shape index (κ2) is 9.43. The first-order valence-electron chi connectivity index (χ1n) is 8.47. The van der Waals surface area contributed by atoms with Crippen molar-refractivity contribution in [1.29, 1.82) is 5.41 Å². The van der Waals surface area contributed by atoms with Crippen molar-refractivity contribution in [3.63, 3.8) is 0 Å². The van der Waals surface area contributed by atoms with Crippen molar-refractivity contribution in [2.24, 2.45) is 0 Å². The Bertz CT molecular complexity index is 1010. The molecule has 0 radical (unpaired) electrons. The number of pyridine rings is 1. The van der Waals surface area contributed by atoms with Crippen molar-refractivity contribution in [3.05, 3.63) is 83.1 Å². The molecule has 1 amide bonds. The van der Waals surface area contributed by atoms with E-state index in [1.165, 1.54) is 11.3 Å². The van der Waals surface area contributed by atoms with Gasteiger partial charge in [-0.3, -0.25) is 20.5 Å². The Morgan fingerprint density at radius 1 is 1.39 bits per heavy atom. The van der Waals surface area contributed by atoms with E-state index in [9.17, 15) is 4.79 Å². The highest BCUT2D eigenvalue weighted by Crippen LogP contribution is 2.18. The molecule has 3 heterocycles. The topological polar surface area (TPSA) is 92.9 Å². The molecular weight excluding hydrogens is 374 g/mol. The zero-order chi connectivity index (χ0) is 19.8. The Morgan fingerprint density at radius 3 is 3.00 bits per heavy atom. The number of carbonyl (C=O) groups is 1. The van der Waals surface area contributed by atoms with Crippen LogP contribution in [0.4, 0.5) is 5.13 Å². The van der Waals surface area contributed by atoms with Crippen LogP contribution in [-0.4, -0.2) is 26.8 Å². The molecule has 0 aliphatic rings. The lowest BCUT2D eigenvalue weighted by molar-refractivity contribution is 0.101. The summed E-state index contributed by atoms with van der Waals surface area (Å²) in [6.45, 7) is 2.34. The molecule has 2 N–H and O–H groups in total. The van der Waals surface area contributed by atoms with Crippen LogP contribution in [0.3, 0.4) is 0 Å². The van der Waals surface area contributed by atoms with Crippen LogP contribution < -0.4 is 5.32 Å². The van der Waals surface area contributed by atoms with Gasteiger partial charge in [-0.25, -0.2) is 4.98 Å². The highest BCUT2D eigenvalue weighted by molar-refractivity contribution is 7.14. The van der Waals surface area contributed by atoms with Gasteiger partial charge in [-0.2, -0.15) is 0 Å². The highest BCUT2D eigenvalue weighted by atomic mass is 32.1. The summed E-state index contributed by atoms with van der Waals surface area (Å²) in [7, 11) is 0. The molecule has 0 saturated heterocycles. The fourth-order valence-electron chi connectivity index (χ4n) is 2.44. The third-order valence-electron chi connectivity index (χ3n) is 3.75. The molecule has 0 bridgehead atoms. The predicted molar refractivity (Wildman–Crippen MR) is 113 cm³/mol. The number of hydrogen-bond acceptors (Lipinski definition) is 6. The smallest absolute Gasteiger partial charge is 0.274 e. The van der Waals surface area contributed by atoms with E-state index in [0.717, 1.165) is 17.7 Å². The molecule has 3 rings (SSSR count). The standard InChI is InChI=1S/C20H19N5O2S.H2/c1-15(27-14-21)4-2-5-17-13-28-20(23-17)24-19(26)18-6-3-11-25(18)12-16-7-9-22-10-8-16;/h2-11,13-14,21H,12H2,1H3,(H,23,24,26);1H/b5-2+,15-4+,21-14?;. The van der Waals surface area contributed by atoms with E-state index >= 15 is 0 Å². The Hall–Kier alpha value is -3.52. The number of thiazole rings is 1. The summed E-state index contributed by atoms with van der Waals surface area (Å²) in [6.07, 6.45) is 11.5. The summed E-state index contributed by atoms with van der Waals surface area (Å²) in [6, 6.07) is 7.47. The maximum atomic E-state index is 12.6. The number of anilines is 1.